The molecule has 0 aromatic rings. The van der Waals surface area contributed by atoms with Crippen LogP contribution in [0.3, 0.4) is 0 Å². The topological polar surface area (TPSA) is 103 Å². The number of morpholine rings is 1. The second-order valence-electron chi connectivity index (χ2n) is 10.7. The molecule has 0 aliphatic carbocycles. The average Bonchev–Trinajstić information content (AvgIpc) is 3.15. The molecule has 198 valence electrons. The summed E-state index contributed by atoms with van der Waals surface area (Å²) in [5.74, 6) is -2.25. The van der Waals surface area contributed by atoms with Crippen molar-refractivity contribution in [3.05, 3.63) is 24.3 Å². The summed E-state index contributed by atoms with van der Waals surface area (Å²) in [6.45, 7) is 8.55. The van der Waals surface area contributed by atoms with E-state index < -0.39 is 35.1 Å². The average molecular weight is 503 g/mol. The number of aliphatic hydroxyl groups is 1. The highest BCUT2D eigenvalue weighted by atomic mass is 16.5. The van der Waals surface area contributed by atoms with Crippen LogP contribution >= 0.6 is 0 Å². The lowest BCUT2D eigenvalue weighted by Crippen LogP contribution is -2.59. The molecule has 1 unspecified atom stereocenters. The van der Waals surface area contributed by atoms with Gasteiger partial charge in [0.2, 0.25) is 17.7 Å². The van der Waals surface area contributed by atoms with Crippen LogP contribution in [0, 0.1) is 11.8 Å². The minimum atomic E-state index is -1.28. The Morgan fingerprint density at radius 1 is 1.03 bits per heavy atom. The number of rotatable bonds is 6. The third-order valence-electron chi connectivity index (χ3n) is 8.65. The predicted molar refractivity (Wildman–Crippen MR) is 131 cm³/mol. The van der Waals surface area contributed by atoms with Crippen molar-refractivity contribution in [2.45, 2.75) is 43.6 Å². The number of nitrogens with zero attached hydrogens (tertiary/aromatic N) is 4. The lowest BCUT2D eigenvalue weighted by Gasteiger charge is -2.40. The fourth-order valence-electron chi connectivity index (χ4n) is 6.72. The molecule has 5 rings (SSSR count). The van der Waals surface area contributed by atoms with Crippen LogP contribution < -0.4 is 0 Å². The summed E-state index contributed by atoms with van der Waals surface area (Å²) in [4.78, 5) is 49.1. The van der Waals surface area contributed by atoms with Crippen LogP contribution in [0.1, 0.15) is 20.3 Å². The van der Waals surface area contributed by atoms with Crippen LogP contribution in [0.2, 0.25) is 0 Å². The number of hydrogen-bond acceptors (Lipinski definition) is 7. The van der Waals surface area contributed by atoms with Gasteiger partial charge in [-0.2, -0.15) is 0 Å². The molecule has 0 aromatic carbocycles. The molecule has 1 N–H and O–H groups in total. The molecular weight excluding hydrogens is 464 g/mol. The van der Waals surface area contributed by atoms with Crippen LogP contribution in [-0.4, -0.2) is 132 Å². The number of amides is 3. The lowest BCUT2D eigenvalue weighted by molar-refractivity contribution is -0.155. The molecular formula is C26H38N4O6. The molecule has 5 aliphatic heterocycles. The molecule has 3 fully saturated rings. The van der Waals surface area contributed by atoms with Crippen molar-refractivity contribution in [1.29, 1.82) is 0 Å². The first-order valence-electron chi connectivity index (χ1n) is 13.1. The Balaban J connectivity index is 1.54. The molecule has 0 aromatic heterocycles. The van der Waals surface area contributed by atoms with Crippen LogP contribution in [0.4, 0.5) is 0 Å². The maximum Gasteiger partial charge on any atom is 0.249 e. The monoisotopic (exact) mass is 502 g/mol. The van der Waals surface area contributed by atoms with Gasteiger partial charge < -0.3 is 29.3 Å². The Morgan fingerprint density at radius 2 is 1.75 bits per heavy atom. The summed E-state index contributed by atoms with van der Waals surface area (Å²) in [5.41, 5.74) is -2.29. The van der Waals surface area contributed by atoms with E-state index in [9.17, 15) is 19.5 Å². The summed E-state index contributed by atoms with van der Waals surface area (Å²) in [5, 5.41) is 10.2. The SMILES string of the molecule is CC[C@@H](CO)N1C(=O)[C@@H]2[C@@H]3C(=O)N(C)CC=C[C@]3(C)O[C@@]23C=CCN(CCN2CCOCC2)C(=O)C13. The number of ether oxygens (including phenoxy) is 2. The maximum absolute atomic E-state index is 14.2. The quantitative estimate of drug-likeness (QED) is 0.488. The Bertz CT molecular complexity index is 960. The van der Waals surface area contributed by atoms with Gasteiger partial charge in [0.05, 0.1) is 43.3 Å². The third kappa shape index (κ3) is 3.81. The Hall–Kier alpha value is -2.27. The highest BCUT2D eigenvalue weighted by molar-refractivity contribution is 6.00. The van der Waals surface area contributed by atoms with Crippen molar-refractivity contribution in [2.75, 3.05) is 66.1 Å². The largest absolute Gasteiger partial charge is 0.394 e. The molecule has 36 heavy (non-hydrogen) atoms. The fourth-order valence-corrected chi connectivity index (χ4v) is 6.72. The first-order chi connectivity index (χ1) is 17.3. The van der Waals surface area contributed by atoms with E-state index in [2.05, 4.69) is 4.90 Å². The molecule has 0 bridgehead atoms. The third-order valence-corrected chi connectivity index (χ3v) is 8.65. The number of fused-ring (bicyclic) bond motifs is 2. The van der Waals surface area contributed by atoms with E-state index in [1.54, 1.807) is 16.8 Å². The van der Waals surface area contributed by atoms with Crippen LogP contribution in [0.5, 0.6) is 0 Å². The molecule has 3 amide bonds. The first kappa shape index (κ1) is 25.4. The van der Waals surface area contributed by atoms with Crippen LogP contribution in [-0.2, 0) is 23.9 Å². The lowest BCUT2D eigenvalue weighted by atomic mass is 9.74. The van der Waals surface area contributed by atoms with E-state index in [-0.39, 0.29) is 24.3 Å². The summed E-state index contributed by atoms with van der Waals surface area (Å²) in [7, 11) is 1.72. The molecule has 0 saturated carbocycles. The number of likely N-dealkylation sites (N-methyl/N-ethyl adjacent to an activating group) is 1. The van der Waals surface area contributed by atoms with E-state index in [1.807, 2.05) is 38.2 Å². The van der Waals surface area contributed by atoms with Gasteiger partial charge in [0.25, 0.3) is 0 Å². The Kier molecular flexibility index (Phi) is 6.74. The van der Waals surface area contributed by atoms with Gasteiger partial charge in [-0.25, -0.2) is 0 Å². The molecule has 1 spiro atoms. The van der Waals surface area contributed by atoms with Crippen molar-refractivity contribution in [2.24, 2.45) is 11.8 Å². The highest BCUT2D eigenvalue weighted by Gasteiger charge is 2.75. The van der Waals surface area contributed by atoms with E-state index >= 15 is 0 Å². The zero-order valence-corrected chi connectivity index (χ0v) is 21.5. The summed E-state index contributed by atoms with van der Waals surface area (Å²) >= 11 is 0. The number of carbonyl (C=O) groups excluding carboxylic acids is 3. The second-order valence-corrected chi connectivity index (χ2v) is 10.7. The van der Waals surface area contributed by atoms with E-state index in [0.717, 1.165) is 13.1 Å². The van der Waals surface area contributed by atoms with Gasteiger partial charge in [-0.15, -0.1) is 0 Å². The van der Waals surface area contributed by atoms with E-state index in [1.165, 1.54) is 4.90 Å². The van der Waals surface area contributed by atoms with Gasteiger partial charge in [0, 0.05) is 46.3 Å². The standard InChI is InChI=1S/C26H38N4O6/c1-4-18(17-31)30-21-24(34)29(12-11-28-13-15-35-16-14-28)10-6-8-26(21)20(23(30)33)19-22(32)27(3)9-5-7-25(19,2)36-26/h5-8,18-21,31H,4,9-17H2,1-3H3/t18-,19+,20-,21?,25-,26-/m0/s1. The smallest absolute Gasteiger partial charge is 0.249 e. The summed E-state index contributed by atoms with van der Waals surface area (Å²) in [6.07, 6.45) is 8.03. The number of likely N-dealkylation sites (tertiary alicyclic amines) is 1. The van der Waals surface area contributed by atoms with Gasteiger partial charge in [0.1, 0.15) is 11.6 Å². The number of hydrogen-bond donors (Lipinski definition) is 1. The molecule has 6 atom stereocenters. The Labute approximate surface area is 212 Å². The van der Waals surface area contributed by atoms with Crippen molar-refractivity contribution in [1.82, 2.24) is 19.6 Å². The van der Waals surface area contributed by atoms with Crippen molar-refractivity contribution < 1.29 is 29.0 Å². The number of carbonyl (C=O) groups is 3. The molecule has 5 aliphatic rings. The number of aliphatic hydroxyl groups excluding tert-OH is 1. The highest BCUT2D eigenvalue weighted by Crippen LogP contribution is 2.57. The van der Waals surface area contributed by atoms with Crippen LogP contribution in [0.25, 0.3) is 0 Å². The van der Waals surface area contributed by atoms with Gasteiger partial charge in [-0.1, -0.05) is 31.2 Å². The Morgan fingerprint density at radius 3 is 2.44 bits per heavy atom. The van der Waals surface area contributed by atoms with Crippen molar-refractivity contribution in [3.63, 3.8) is 0 Å². The van der Waals surface area contributed by atoms with Crippen LogP contribution in [0.15, 0.2) is 24.3 Å². The minimum absolute atomic E-state index is 0.162. The van der Waals surface area contributed by atoms with E-state index in [0.29, 0.717) is 45.8 Å². The zero-order valence-electron chi connectivity index (χ0n) is 21.5. The minimum Gasteiger partial charge on any atom is -0.394 e. The molecule has 3 saturated heterocycles. The van der Waals surface area contributed by atoms with Gasteiger partial charge >= 0.3 is 0 Å². The maximum atomic E-state index is 14.2. The summed E-state index contributed by atoms with van der Waals surface area (Å²) in [6, 6.07) is -1.48. The van der Waals surface area contributed by atoms with Crippen molar-refractivity contribution >= 4 is 17.7 Å². The summed E-state index contributed by atoms with van der Waals surface area (Å²) < 4.78 is 12.2. The molecule has 10 heteroatoms. The predicted octanol–water partition coefficient (Wildman–Crippen LogP) is -0.513. The first-order valence-corrected chi connectivity index (χ1v) is 13.1. The fraction of sp³-hybridized carbons (Fsp3) is 0.731. The van der Waals surface area contributed by atoms with Gasteiger partial charge in [-0.3, -0.25) is 19.3 Å². The van der Waals surface area contributed by atoms with E-state index in [4.69, 9.17) is 9.47 Å². The molecule has 0 radical (unpaired) electrons. The molecule has 5 heterocycles. The van der Waals surface area contributed by atoms with Gasteiger partial charge in [0.15, 0.2) is 0 Å². The van der Waals surface area contributed by atoms with Crippen molar-refractivity contribution in [3.8, 4) is 0 Å². The van der Waals surface area contributed by atoms with Gasteiger partial charge in [-0.05, 0) is 13.3 Å². The second kappa shape index (κ2) is 9.55. The normalized spacial score (nSPS) is 37.6. The molecule has 10 nitrogen and oxygen atoms in total. The zero-order chi connectivity index (χ0) is 25.7.